The van der Waals surface area contributed by atoms with Crippen molar-refractivity contribution in [3.05, 3.63) is 45.6 Å². The van der Waals surface area contributed by atoms with Gasteiger partial charge in [-0.05, 0) is 85.1 Å². The second-order valence-electron chi connectivity index (χ2n) is 8.01. The van der Waals surface area contributed by atoms with Crippen LogP contribution in [0.2, 0.25) is 0 Å². The summed E-state index contributed by atoms with van der Waals surface area (Å²) < 4.78 is 11.1. The van der Waals surface area contributed by atoms with Crippen LogP contribution >= 0.6 is 11.3 Å². The summed E-state index contributed by atoms with van der Waals surface area (Å²) in [7, 11) is 3.43. The molecule has 3 N–H and O–H groups in total. The van der Waals surface area contributed by atoms with Crippen molar-refractivity contribution in [1.29, 1.82) is 0 Å². The maximum Gasteiger partial charge on any atom is 0.164 e. The molecule has 0 spiro atoms. The van der Waals surface area contributed by atoms with Gasteiger partial charge in [0.25, 0.3) is 0 Å². The van der Waals surface area contributed by atoms with Crippen LogP contribution in [0.4, 0.5) is 0 Å². The lowest BCUT2D eigenvalue weighted by molar-refractivity contribution is 0.343. The third-order valence-electron chi connectivity index (χ3n) is 6.12. The maximum atomic E-state index is 6.51. The van der Waals surface area contributed by atoms with E-state index in [1.54, 1.807) is 25.6 Å². The van der Waals surface area contributed by atoms with E-state index in [0.29, 0.717) is 5.92 Å². The smallest absolute Gasteiger partial charge is 0.164 e. The van der Waals surface area contributed by atoms with E-state index in [1.165, 1.54) is 42.4 Å². The Morgan fingerprint density at radius 3 is 2.69 bits per heavy atom. The van der Waals surface area contributed by atoms with E-state index in [9.17, 15) is 0 Å². The summed E-state index contributed by atoms with van der Waals surface area (Å²) in [6.45, 7) is 2.20. The van der Waals surface area contributed by atoms with Crippen LogP contribution in [-0.4, -0.2) is 33.4 Å². The van der Waals surface area contributed by atoms with Crippen LogP contribution in [0.25, 0.3) is 0 Å². The predicted molar refractivity (Wildman–Crippen MR) is 123 cm³/mol. The van der Waals surface area contributed by atoms with Crippen LogP contribution in [0.15, 0.2) is 29.0 Å². The fourth-order valence-corrected chi connectivity index (χ4v) is 5.19. The highest BCUT2D eigenvalue weighted by atomic mass is 32.1. The monoisotopic (exact) mass is 416 g/mol. The molecule has 0 radical (unpaired) electrons. The molecule has 3 rings (SSSR count). The largest absolute Gasteiger partial charge is 0.493 e. The summed E-state index contributed by atoms with van der Waals surface area (Å²) >= 11 is 1.78. The molecule has 160 valence electrons. The molecular weight excluding hydrogens is 380 g/mol. The average molecular weight is 417 g/mol. The van der Waals surface area contributed by atoms with Gasteiger partial charge in [0.1, 0.15) is 0 Å². The van der Waals surface area contributed by atoms with E-state index >= 15 is 0 Å². The van der Waals surface area contributed by atoms with E-state index < -0.39 is 0 Å². The second-order valence-corrected chi connectivity index (χ2v) is 8.79. The number of hydrogen-bond acceptors (Lipinski definition) is 5. The Morgan fingerprint density at radius 1 is 1.07 bits per heavy atom. The number of fused-ring (bicyclic) bond motifs is 1. The Morgan fingerprint density at radius 2 is 1.93 bits per heavy atom. The van der Waals surface area contributed by atoms with E-state index in [4.69, 9.17) is 15.2 Å². The number of thiophene rings is 1. The standard InChI is InChI=1S/C24H36N2O2S/c1-27-23-11-9-19-20(22(25)10-8-21(19)24(23)28-2)7-5-3-4-6-14-26-15-12-18-13-16-29-17-18/h9,11,13,16-17,20,22,26H,3-8,10,12,14-15,25H2,1-2H3. The van der Waals surface area contributed by atoms with Gasteiger partial charge >= 0.3 is 0 Å². The van der Waals surface area contributed by atoms with Gasteiger partial charge < -0.3 is 20.5 Å². The second kappa shape index (κ2) is 11.6. The van der Waals surface area contributed by atoms with Crippen molar-refractivity contribution in [2.75, 3.05) is 27.3 Å². The molecule has 1 aromatic carbocycles. The normalized spacial score (nSPS) is 18.4. The fraction of sp³-hybridized carbons (Fsp3) is 0.583. The predicted octanol–water partition coefficient (Wildman–Crippen LogP) is 4.91. The van der Waals surface area contributed by atoms with Gasteiger partial charge in [0.15, 0.2) is 11.5 Å². The Bertz CT molecular complexity index is 733. The summed E-state index contributed by atoms with van der Waals surface area (Å²) in [6.07, 6.45) is 9.35. The van der Waals surface area contributed by atoms with Crippen LogP contribution in [0.5, 0.6) is 11.5 Å². The van der Waals surface area contributed by atoms with Crippen LogP contribution in [0.1, 0.15) is 61.1 Å². The van der Waals surface area contributed by atoms with Gasteiger partial charge in [0, 0.05) is 11.6 Å². The molecule has 0 aliphatic heterocycles. The minimum absolute atomic E-state index is 0.249. The summed E-state index contributed by atoms with van der Waals surface area (Å²) in [4.78, 5) is 0. The zero-order valence-electron chi connectivity index (χ0n) is 17.9. The average Bonchev–Trinajstić information content (AvgIpc) is 3.26. The zero-order chi connectivity index (χ0) is 20.5. The first-order valence-corrected chi connectivity index (χ1v) is 11.9. The number of benzene rings is 1. The number of nitrogens with one attached hydrogen (secondary N) is 1. The first-order valence-electron chi connectivity index (χ1n) is 11.0. The highest BCUT2D eigenvalue weighted by Crippen LogP contribution is 2.43. The topological polar surface area (TPSA) is 56.5 Å². The Labute approximate surface area is 179 Å². The van der Waals surface area contributed by atoms with E-state index in [-0.39, 0.29) is 6.04 Å². The summed E-state index contributed by atoms with van der Waals surface area (Å²) in [5.74, 6) is 2.16. The third-order valence-corrected chi connectivity index (χ3v) is 6.85. The Balaban J connectivity index is 1.38. The van der Waals surface area contributed by atoms with Crippen molar-refractivity contribution < 1.29 is 9.47 Å². The fourth-order valence-electron chi connectivity index (χ4n) is 4.48. The van der Waals surface area contributed by atoms with Crippen LogP contribution in [0.3, 0.4) is 0 Å². The molecule has 2 aromatic rings. The quantitative estimate of drug-likeness (QED) is 0.483. The van der Waals surface area contributed by atoms with Gasteiger partial charge in [-0.15, -0.1) is 0 Å². The molecule has 1 heterocycles. The molecule has 1 aliphatic carbocycles. The first kappa shape index (κ1) is 22.1. The molecule has 0 fully saturated rings. The van der Waals surface area contributed by atoms with Gasteiger partial charge in [-0.1, -0.05) is 25.3 Å². The lowest BCUT2D eigenvalue weighted by atomic mass is 9.76. The molecule has 0 saturated heterocycles. The molecule has 5 heteroatoms. The Kier molecular flexibility index (Phi) is 8.84. The molecule has 1 aliphatic rings. The van der Waals surface area contributed by atoms with Crippen molar-refractivity contribution in [2.24, 2.45) is 5.73 Å². The maximum absolute atomic E-state index is 6.51. The van der Waals surface area contributed by atoms with Crippen LogP contribution in [0, 0.1) is 0 Å². The number of ether oxygens (including phenoxy) is 2. The molecule has 2 atom stereocenters. The third kappa shape index (κ3) is 5.97. The molecule has 29 heavy (non-hydrogen) atoms. The lowest BCUT2D eigenvalue weighted by Crippen LogP contribution is -2.33. The summed E-state index contributed by atoms with van der Waals surface area (Å²) in [5, 5.41) is 7.96. The SMILES string of the molecule is COc1ccc2c(c1OC)CCC(N)C2CCCCCCNCCc1ccsc1. The van der Waals surface area contributed by atoms with Gasteiger partial charge in [-0.3, -0.25) is 0 Å². The van der Waals surface area contributed by atoms with E-state index in [2.05, 4.69) is 28.2 Å². The molecule has 1 aromatic heterocycles. The highest BCUT2D eigenvalue weighted by Gasteiger charge is 2.29. The number of hydrogen-bond donors (Lipinski definition) is 2. The van der Waals surface area contributed by atoms with E-state index in [0.717, 1.165) is 50.3 Å². The summed E-state index contributed by atoms with van der Waals surface area (Å²) in [6, 6.07) is 6.70. The molecule has 0 amide bonds. The molecule has 4 nitrogen and oxygen atoms in total. The summed E-state index contributed by atoms with van der Waals surface area (Å²) in [5.41, 5.74) is 10.6. The van der Waals surface area contributed by atoms with Crippen LogP contribution < -0.4 is 20.5 Å². The van der Waals surface area contributed by atoms with Crippen molar-refractivity contribution in [2.45, 2.75) is 63.3 Å². The minimum atomic E-state index is 0.249. The number of methoxy groups -OCH3 is 2. The van der Waals surface area contributed by atoms with Crippen molar-refractivity contribution >= 4 is 11.3 Å². The van der Waals surface area contributed by atoms with Crippen molar-refractivity contribution in [3.63, 3.8) is 0 Å². The van der Waals surface area contributed by atoms with Gasteiger partial charge in [0.05, 0.1) is 14.2 Å². The molecule has 0 bridgehead atoms. The molecular formula is C24H36N2O2S. The van der Waals surface area contributed by atoms with Crippen molar-refractivity contribution in [1.82, 2.24) is 5.32 Å². The minimum Gasteiger partial charge on any atom is -0.493 e. The van der Waals surface area contributed by atoms with Gasteiger partial charge in [-0.2, -0.15) is 11.3 Å². The first-order chi connectivity index (χ1) is 14.2. The highest BCUT2D eigenvalue weighted by molar-refractivity contribution is 7.07. The zero-order valence-corrected chi connectivity index (χ0v) is 18.7. The number of nitrogens with two attached hydrogens (primary N) is 1. The number of unbranched alkanes of at least 4 members (excludes halogenated alkanes) is 3. The lowest BCUT2D eigenvalue weighted by Gasteiger charge is -2.32. The number of rotatable bonds is 12. The van der Waals surface area contributed by atoms with Crippen molar-refractivity contribution in [3.8, 4) is 11.5 Å². The molecule has 0 saturated carbocycles. The molecule has 2 unspecified atom stereocenters. The van der Waals surface area contributed by atoms with Gasteiger partial charge in [-0.25, -0.2) is 0 Å². The van der Waals surface area contributed by atoms with E-state index in [1.807, 2.05) is 6.07 Å². The Hall–Kier alpha value is -1.56. The van der Waals surface area contributed by atoms with Gasteiger partial charge in [0.2, 0.25) is 0 Å². The van der Waals surface area contributed by atoms with Crippen LogP contribution in [-0.2, 0) is 12.8 Å².